The van der Waals surface area contributed by atoms with Crippen LogP contribution in [-0.2, 0) is 14.3 Å². The van der Waals surface area contributed by atoms with E-state index in [-0.39, 0.29) is 18.2 Å². The van der Waals surface area contributed by atoms with Crippen LogP contribution in [0.5, 0.6) is 0 Å². The summed E-state index contributed by atoms with van der Waals surface area (Å²) in [5.74, 6) is -0.293. The van der Waals surface area contributed by atoms with Gasteiger partial charge in [0.15, 0.2) is 0 Å². The van der Waals surface area contributed by atoms with E-state index in [0.717, 1.165) is 12.7 Å². The third-order valence-electron chi connectivity index (χ3n) is 2.54. The molecule has 1 aliphatic rings. The number of allylic oxidation sites excluding steroid dienone is 1. The molecule has 0 N–H and O–H groups in total. The van der Waals surface area contributed by atoms with E-state index in [1.807, 2.05) is 19.1 Å². The second kappa shape index (κ2) is 6.17. The van der Waals surface area contributed by atoms with E-state index < -0.39 is 8.07 Å². The van der Waals surface area contributed by atoms with Gasteiger partial charge in [-0.15, -0.1) is 0 Å². The molecule has 1 rings (SSSR count). The van der Waals surface area contributed by atoms with Crippen molar-refractivity contribution < 1.29 is 14.3 Å². The Bertz CT molecular complexity index is 315. The first kappa shape index (κ1) is 14.2. The van der Waals surface area contributed by atoms with Crippen LogP contribution in [0.15, 0.2) is 24.3 Å². The molecule has 0 spiro atoms. The molecule has 0 radical (unpaired) electrons. The van der Waals surface area contributed by atoms with E-state index in [1.54, 1.807) is 6.08 Å². The molecule has 0 aromatic heterocycles. The second-order valence-electron chi connectivity index (χ2n) is 5.43. The van der Waals surface area contributed by atoms with Crippen LogP contribution in [-0.4, -0.2) is 32.9 Å². The van der Waals surface area contributed by atoms with Crippen molar-refractivity contribution in [3.8, 4) is 0 Å². The first-order valence-electron chi connectivity index (χ1n) is 6.05. The van der Waals surface area contributed by atoms with Gasteiger partial charge in [-0.2, -0.15) is 0 Å². The lowest BCUT2D eigenvalue weighted by molar-refractivity contribution is -0.147. The Morgan fingerprint density at radius 2 is 2.18 bits per heavy atom. The van der Waals surface area contributed by atoms with Crippen molar-refractivity contribution in [1.82, 2.24) is 0 Å². The molecule has 4 heteroatoms. The van der Waals surface area contributed by atoms with E-state index in [0.29, 0.717) is 0 Å². The van der Waals surface area contributed by atoms with Gasteiger partial charge in [-0.3, -0.25) is 0 Å². The summed E-state index contributed by atoms with van der Waals surface area (Å²) in [5, 5.41) is 0. The van der Waals surface area contributed by atoms with Crippen LogP contribution in [0.2, 0.25) is 25.7 Å². The summed E-state index contributed by atoms with van der Waals surface area (Å²) in [7, 11) is -1.07. The molecular weight excluding hydrogens is 232 g/mol. The fraction of sp³-hybridized carbons (Fsp3) is 0.615. The van der Waals surface area contributed by atoms with Gasteiger partial charge in [0.25, 0.3) is 0 Å². The van der Waals surface area contributed by atoms with Gasteiger partial charge >= 0.3 is 5.97 Å². The van der Waals surface area contributed by atoms with Crippen molar-refractivity contribution in [2.24, 2.45) is 0 Å². The molecule has 0 aromatic carbocycles. The van der Waals surface area contributed by atoms with Gasteiger partial charge in [-0.1, -0.05) is 25.7 Å². The maximum atomic E-state index is 11.1. The average molecular weight is 254 g/mol. The minimum absolute atomic E-state index is 0.139. The van der Waals surface area contributed by atoms with Gasteiger partial charge in [0.2, 0.25) is 0 Å². The molecule has 0 amide bonds. The number of rotatable bonds is 5. The van der Waals surface area contributed by atoms with Gasteiger partial charge in [-0.05, 0) is 25.1 Å². The average Bonchev–Trinajstić information content (AvgIpc) is 2.20. The maximum absolute atomic E-state index is 11.1. The predicted molar refractivity (Wildman–Crippen MR) is 71.7 cm³/mol. The van der Waals surface area contributed by atoms with Crippen molar-refractivity contribution in [3.63, 3.8) is 0 Å². The van der Waals surface area contributed by atoms with Crippen molar-refractivity contribution in [1.29, 1.82) is 0 Å². The highest BCUT2D eigenvalue weighted by Gasteiger charge is 2.25. The number of esters is 1. The Hall–Kier alpha value is -0.873. The number of carbonyl (C=O) groups is 1. The Balaban J connectivity index is 2.49. The zero-order valence-corrected chi connectivity index (χ0v) is 12.1. The highest BCUT2D eigenvalue weighted by atomic mass is 28.3. The molecule has 2 atom stereocenters. The monoisotopic (exact) mass is 254 g/mol. The number of cyclic esters (lactones) is 1. The highest BCUT2D eigenvalue weighted by Crippen LogP contribution is 2.16. The van der Waals surface area contributed by atoms with Gasteiger partial charge < -0.3 is 9.47 Å². The molecule has 17 heavy (non-hydrogen) atoms. The Labute approximate surface area is 105 Å². The quantitative estimate of drug-likeness (QED) is 0.430. The Morgan fingerprint density at radius 1 is 1.47 bits per heavy atom. The molecule has 0 bridgehead atoms. The van der Waals surface area contributed by atoms with Gasteiger partial charge in [0.1, 0.15) is 12.2 Å². The van der Waals surface area contributed by atoms with Crippen LogP contribution in [0, 0.1) is 0 Å². The molecule has 0 aromatic rings. The molecule has 1 heterocycles. The summed E-state index contributed by atoms with van der Waals surface area (Å²) >= 11 is 0. The second-order valence-corrected chi connectivity index (χ2v) is 11.1. The normalized spacial score (nSPS) is 25.3. The minimum Gasteiger partial charge on any atom is -0.452 e. The van der Waals surface area contributed by atoms with Crippen molar-refractivity contribution >= 4 is 14.0 Å². The Kier molecular flexibility index (Phi) is 5.15. The van der Waals surface area contributed by atoms with Crippen LogP contribution in [0.1, 0.15) is 6.92 Å². The lowest BCUT2D eigenvalue weighted by Crippen LogP contribution is -2.35. The van der Waals surface area contributed by atoms with Gasteiger partial charge in [-0.25, -0.2) is 4.79 Å². The SMILES string of the molecule is C/C=C/[C@@H]1OC(=O)C=C[C@@H]1OCC[Si](C)(C)C. The van der Waals surface area contributed by atoms with Crippen LogP contribution < -0.4 is 0 Å². The zero-order chi connectivity index (χ0) is 12.9. The molecule has 0 fully saturated rings. The van der Waals surface area contributed by atoms with Gasteiger partial charge in [0.05, 0.1) is 0 Å². The summed E-state index contributed by atoms with van der Waals surface area (Å²) in [5.41, 5.74) is 0. The van der Waals surface area contributed by atoms with Crippen LogP contribution >= 0.6 is 0 Å². The Morgan fingerprint density at radius 3 is 2.76 bits per heavy atom. The van der Waals surface area contributed by atoms with Crippen LogP contribution in [0.3, 0.4) is 0 Å². The van der Waals surface area contributed by atoms with E-state index in [2.05, 4.69) is 19.6 Å². The lowest BCUT2D eigenvalue weighted by atomic mass is 10.1. The number of ether oxygens (including phenoxy) is 2. The summed E-state index contributed by atoms with van der Waals surface area (Å²) in [6.45, 7) is 9.59. The van der Waals surface area contributed by atoms with E-state index >= 15 is 0 Å². The molecular formula is C13H22O3Si. The molecule has 0 saturated heterocycles. The molecule has 1 aliphatic heterocycles. The van der Waals surface area contributed by atoms with Crippen LogP contribution in [0.4, 0.5) is 0 Å². The predicted octanol–water partition coefficient (Wildman–Crippen LogP) is 2.77. The fourth-order valence-electron chi connectivity index (χ4n) is 1.51. The fourth-order valence-corrected chi connectivity index (χ4v) is 2.24. The smallest absolute Gasteiger partial charge is 0.331 e. The summed E-state index contributed by atoms with van der Waals surface area (Å²) < 4.78 is 11.0. The molecule has 0 aliphatic carbocycles. The molecule has 3 nitrogen and oxygen atoms in total. The molecule has 0 saturated carbocycles. The van der Waals surface area contributed by atoms with Gasteiger partial charge in [0, 0.05) is 20.8 Å². The largest absolute Gasteiger partial charge is 0.452 e. The highest BCUT2D eigenvalue weighted by molar-refractivity contribution is 6.76. The van der Waals surface area contributed by atoms with Crippen molar-refractivity contribution in [3.05, 3.63) is 24.3 Å². The number of hydrogen-bond donors (Lipinski definition) is 0. The molecule has 96 valence electrons. The lowest BCUT2D eigenvalue weighted by Gasteiger charge is -2.26. The summed E-state index contributed by atoms with van der Waals surface area (Å²) in [4.78, 5) is 11.1. The standard InChI is InChI=1S/C13H22O3Si/c1-5-6-12-11(7-8-13(14)16-12)15-9-10-17(2,3)4/h5-8,11-12H,9-10H2,1-4H3/b6-5+/t11-,12-/m0/s1. The zero-order valence-electron chi connectivity index (χ0n) is 11.1. The number of hydrogen-bond acceptors (Lipinski definition) is 3. The third kappa shape index (κ3) is 5.32. The van der Waals surface area contributed by atoms with E-state index in [1.165, 1.54) is 6.08 Å². The third-order valence-corrected chi connectivity index (χ3v) is 4.25. The maximum Gasteiger partial charge on any atom is 0.331 e. The minimum atomic E-state index is -1.07. The van der Waals surface area contributed by atoms with E-state index in [4.69, 9.17) is 9.47 Å². The van der Waals surface area contributed by atoms with E-state index in [9.17, 15) is 4.79 Å². The van der Waals surface area contributed by atoms with Crippen molar-refractivity contribution in [2.75, 3.05) is 6.61 Å². The molecule has 0 unspecified atom stereocenters. The number of carbonyl (C=O) groups excluding carboxylic acids is 1. The summed E-state index contributed by atoms with van der Waals surface area (Å²) in [6, 6.07) is 1.12. The first-order chi connectivity index (χ1) is 7.92. The first-order valence-corrected chi connectivity index (χ1v) is 9.76. The summed E-state index contributed by atoms with van der Waals surface area (Å²) in [6.07, 6.45) is 6.56. The topological polar surface area (TPSA) is 35.5 Å². The van der Waals surface area contributed by atoms with Crippen molar-refractivity contribution in [2.45, 2.75) is 44.8 Å². The van der Waals surface area contributed by atoms with Crippen LogP contribution in [0.25, 0.3) is 0 Å².